The second-order valence-electron chi connectivity index (χ2n) is 5.57. The van der Waals surface area contributed by atoms with Gasteiger partial charge in [0.05, 0.1) is 12.2 Å². The number of halogens is 3. The predicted molar refractivity (Wildman–Crippen MR) is 87.2 cm³/mol. The Hall–Kier alpha value is -2.50. The van der Waals surface area contributed by atoms with E-state index in [-0.39, 0.29) is 24.2 Å². The standard InChI is InChI=1S/C18H19F3N2O/c1-12(7-8-13-5-3-2-4-6-13)23-16(24)11-22-15-10-9-14(19)17(20)18(15)21/h2-6,9-10,12,22H,7-8,11H2,1H3,(H,23,24)/t12-/m1/s1. The lowest BCUT2D eigenvalue weighted by Gasteiger charge is -2.15. The van der Waals surface area contributed by atoms with E-state index in [1.165, 1.54) is 5.56 Å². The van der Waals surface area contributed by atoms with Crippen LogP contribution in [0.4, 0.5) is 18.9 Å². The van der Waals surface area contributed by atoms with Crippen LogP contribution in [-0.2, 0) is 11.2 Å². The van der Waals surface area contributed by atoms with Crippen molar-refractivity contribution < 1.29 is 18.0 Å². The van der Waals surface area contributed by atoms with Crippen LogP contribution in [0.3, 0.4) is 0 Å². The van der Waals surface area contributed by atoms with Crippen LogP contribution in [-0.4, -0.2) is 18.5 Å². The first-order chi connectivity index (χ1) is 11.5. The van der Waals surface area contributed by atoms with Crippen LogP contribution >= 0.6 is 0 Å². The number of hydrogen-bond acceptors (Lipinski definition) is 2. The molecule has 0 saturated heterocycles. The molecule has 0 aliphatic heterocycles. The van der Waals surface area contributed by atoms with Crippen molar-refractivity contribution in [3.63, 3.8) is 0 Å². The van der Waals surface area contributed by atoms with Gasteiger partial charge < -0.3 is 10.6 Å². The highest BCUT2D eigenvalue weighted by Crippen LogP contribution is 2.19. The molecule has 128 valence electrons. The minimum Gasteiger partial charge on any atom is -0.374 e. The number of carbonyl (C=O) groups excluding carboxylic acids is 1. The average Bonchev–Trinajstić information content (AvgIpc) is 2.58. The van der Waals surface area contributed by atoms with E-state index in [0.717, 1.165) is 25.0 Å². The number of carbonyl (C=O) groups is 1. The molecule has 0 heterocycles. The zero-order chi connectivity index (χ0) is 17.5. The summed E-state index contributed by atoms with van der Waals surface area (Å²) in [7, 11) is 0. The molecule has 2 aromatic carbocycles. The van der Waals surface area contributed by atoms with E-state index in [4.69, 9.17) is 0 Å². The number of benzene rings is 2. The van der Waals surface area contributed by atoms with Gasteiger partial charge in [-0.3, -0.25) is 4.79 Å². The van der Waals surface area contributed by atoms with Crippen molar-refractivity contribution in [1.29, 1.82) is 0 Å². The molecule has 0 bridgehead atoms. The number of anilines is 1. The third kappa shape index (κ3) is 5.01. The maximum absolute atomic E-state index is 13.5. The maximum atomic E-state index is 13.5. The number of nitrogens with one attached hydrogen (secondary N) is 2. The van der Waals surface area contributed by atoms with Gasteiger partial charge in [-0.1, -0.05) is 30.3 Å². The Bertz CT molecular complexity index is 692. The summed E-state index contributed by atoms with van der Waals surface area (Å²) >= 11 is 0. The van der Waals surface area contributed by atoms with Crippen molar-refractivity contribution in [3.8, 4) is 0 Å². The summed E-state index contributed by atoms with van der Waals surface area (Å²) in [4.78, 5) is 11.8. The van der Waals surface area contributed by atoms with Gasteiger partial charge in [-0.25, -0.2) is 13.2 Å². The van der Waals surface area contributed by atoms with E-state index < -0.39 is 17.5 Å². The first kappa shape index (κ1) is 17.8. The Morgan fingerprint density at radius 2 is 1.75 bits per heavy atom. The van der Waals surface area contributed by atoms with Crippen LogP contribution in [0.2, 0.25) is 0 Å². The average molecular weight is 336 g/mol. The van der Waals surface area contributed by atoms with Gasteiger partial charge >= 0.3 is 0 Å². The molecule has 0 radical (unpaired) electrons. The zero-order valence-electron chi connectivity index (χ0n) is 13.3. The molecule has 0 aromatic heterocycles. The molecular formula is C18H19F3N2O. The van der Waals surface area contributed by atoms with Gasteiger partial charge in [0.15, 0.2) is 17.5 Å². The lowest BCUT2D eigenvalue weighted by Crippen LogP contribution is -2.37. The van der Waals surface area contributed by atoms with E-state index in [0.29, 0.717) is 0 Å². The van der Waals surface area contributed by atoms with Gasteiger partial charge in [-0.15, -0.1) is 0 Å². The molecule has 0 saturated carbocycles. The fourth-order valence-electron chi connectivity index (χ4n) is 2.26. The molecule has 1 atom stereocenters. The summed E-state index contributed by atoms with van der Waals surface area (Å²) in [6.45, 7) is 1.65. The molecule has 2 rings (SSSR count). The Labute approximate surface area is 138 Å². The first-order valence-corrected chi connectivity index (χ1v) is 7.68. The second-order valence-corrected chi connectivity index (χ2v) is 5.57. The molecule has 24 heavy (non-hydrogen) atoms. The maximum Gasteiger partial charge on any atom is 0.239 e. The van der Waals surface area contributed by atoms with Crippen LogP contribution in [0.5, 0.6) is 0 Å². The summed E-state index contributed by atoms with van der Waals surface area (Å²) in [5.41, 5.74) is 0.932. The van der Waals surface area contributed by atoms with Crippen molar-refractivity contribution in [2.24, 2.45) is 0 Å². The fourth-order valence-corrected chi connectivity index (χ4v) is 2.26. The Kier molecular flexibility index (Phi) is 6.23. The topological polar surface area (TPSA) is 41.1 Å². The highest BCUT2D eigenvalue weighted by molar-refractivity contribution is 5.80. The van der Waals surface area contributed by atoms with Gasteiger partial charge in [0.1, 0.15) is 0 Å². The number of aryl methyl sites for hydroxylation is 1. The summed E-state index contributed by atoms with van der Waals surface area (Å²) < 4.78 is 39.4. The van der Waals surface area contributed by atoms with Crippen molar-refractivity contribution in [2.45, 2.75) is 25.8 Å². The highest BCUT2D eigenvalue weighted by Gasteiger charge is 2.14. The van der Waals surface area contributed by atoms with Crippen molar-refractivity contribution in [2.75, 3.05) is 11.9 Å². The van der Waals surface area contributed by atoms with Crippen LogP contribution < -0.4 is 10.6 Å². The van der Waals surface area contributed by atoms with Crippen LogP contribution in [0.25, 0.3) is 0 Å². The van der Waals surface area contributed by atoms with Crippen molar-refractivity contribution in [1.82, 2.24) is 5.32 Å². The van der Waals surface area contributed by atoms with Gasteiger partial charge in [0.2, 0.25) is 5.91 Å². The SMILES string of the molecule is C[C@H](CCc1ccccc1)NC(=O)CNc1ccc(F)c(F)c1F. The fraction of sp³-hybridized carbons (Fsp3) is 0.278. The smallest absolute Gasteiger partial charge is 0.239 e. The predicted octanol–water partition coefficient (Wildman–Crippen LogP) is 3.65. The third-order valence-electron chi connectivity index (χ3n) is 3.59. The Morgan fingerprint density at radius 3 is 2.46 bits per heavy atom. The molecule has 0 aliphatic carbocycles. The number of hydrogen-bond donors (Lipinski definition) is 2. The molecule has 0 unspecified atom stereocenters. The molecular weight excluding hydrogens is 317 g/mol. The Morgan fingerprint density at radius 1 is 1.04 bits per heavy atom. The molecule has 0 spiro atoms. The normalized spacial score (nSPS) is 11.8. The van der Waals surface area contributed by atoms with E-state index in [9.17, 15) is 18.0 Å². The van der Waals surface area contributed by atoms with Crippen LogP contribution in [0, 0.1) is 17.5 Å². The number of rotatable bonds is 7. The van der Waals surface area contributed by atoms with Crippen molar-refractivity contribution in [3.05, 3.63) is 65.5 Å². The molecule has 6 heteroatoms. The molecule has 1 amide bonds. The summed E-state index contributed by atoms with van der Waals surface area (Å²) in [6, 6.07) is 11.7. The largest absolute Gasteiger partial charge is 0.374 e. The molecule has 0 aliphatic rings. The van der Waals surface area contributed by atoms with Gasteiger partial charge in [0.25, 0.3) is 0 Å². The molecule has 3 nitrogen and oxygen atoms in total. The van der Waals surface area contributed by atoms with E-state index in [1.807, 2.05) is 37.3 Å². The minimum absolute atomic E-state index is 0.0608. The number of amides is 1. The van der Waals surface area contributed by atoms with E-state index in [2.05, 4.69) is 10.6 Å². The monoisotopic (exact) mass is 336 g/mol. The first-order valence-electron chi connectivity index (χ1n) is 7.68. The second kappa shape index (κ2) is 8.38. The molecule has 0 fully saturated rings. The van der Waals surface area contributed by atoms with Crippen LogP contribution in [0.1, 0.15) is 18.9 Å². The third-order valence-corrected chi connectivity index (χ3v) is 3.59. The van der Waals surface area contributed by atoms with E-state index in [1.54, 1.807) is 0 Å². The quantitative estimate of drug-likeness (QED) is 0.758. The van der Waals surface area contributed by atoms with Gasteiger partial charge in [-0.05, 0) is 37.5 Å². The van der Waals surface area contributed by atoms with Gasteiger partial charge in [0, 0.05) is 6.04 Å². The zero-order valence-corrected chi connectivity index (χ0v) is 13.3. The Balaban J connectivity index is 1.78. The van der Waals surface area contributed by atoms with Gasteiger partial charge in [-0.2, -0.15) is 0 Å². The molecule has 2 N–H and O–H groups in total. The van der Waals surface area contributed by atoms with Crippen LogP contribution in [0.15, 0.2) is 42.5 Å². The summed E-state index contributed by atoms with van der Waals surface area (Å²) in [6.07, 6.45) is 1.59. The minimum atomic E-state index is -1.56. The van der Waals surface area contributed by atoms with Crippen molar-refractivity contribution >= 4 is 11.6 Å². The lowest BCUT2D eigenvalue weighted by atomic mass is 10.1. The summed E-state index contributed by atoms with van der Waals surface area (Å²) in [5, 5.41) is 5.24. The highest BCUT2D eigenvalue weighted by atomic mass is 19.2. The molecule has 2 aromatic rings. The lowest BCUT2D eigenvalue weighted by molar-refractivity contribution is -0.120. The summed E-state index contributed by atoms with van der Waals surface area (Å²) in [5.74, 6) is -4.51. The van der Waals surface area contributed by atoms with E-state index >= 15 is 0 Å².